The zero-order valence-corrected chi connectivity index (χ0v) is 27.0. The van der Waals surface area contributed by atoms with Gasteiger partial charge in [0.25, 0.3) is 0 Å². The molecule has 4 aromatic carbocycles. The second-order valence-electron chi connectivity index (χ2n) is 11.1. The van der Waals surface area contributed by atoms with Crippen molar-refractivity contribution in [1.82, 2.24) is 0 Å². The van der Waals surface area contributed by atoms with Crippen LogP contribution in [0.4, 0.5) is 11.4 Å². The smallest absolute Gasteiger partial charge is 0.0423 e. The Labute approximate surface area is 260 Å². The van der Waals surface area contributed by atoms with Gasteiger partial charge in [-0.15, -0.1) is 0 Å². The highest BCUT2D eigenvalue weighted by molar-refractivity contribution is 5.69. The second-order valence-corrected chi connectivity index (χ2v) is 11.1. The van der Waals surface area contributed by atoms with E-state index in [4.69, 9.17) is 0 Å². The average Bonchev–Trinajstić information content (AvgIpc) is 3.06. The molecule has 0 aliphatic rings. The van der Waals surface area contributed by atoms with E-state index < -0.39 is 0 Å². The number of hydrogen-bond donors (Lipinski definition) is 0. The third-order valence-corrected chi connectivity index (χ3v) is 8.80. The largest absolute Gasteiger partial charge is 0.372 e. The summed E-state index contributed by atoms with van der Waals surface area (Å²) in [7, 11) is 0. The molecule has 4 aromatic rings. The Morgan fingerprint density at radius 3 is 1.19 bits per heavy atom. The summed E-state index contributed by atoms with van der Waals surface area (Å²) in [5.74, 6) is 0. The number of rotatable bonds is 13. The zero-order valence-electron chi connectivity index (χ0n) is 27.0. The van der Waals surface area contributed by atoms with Gasteiger partial charge in [-0.05, 0) is 105 Å². The molecule has 0 saturated heterocycles. The van der Waals surface area contributed by atoms with Crippen molar-refractivity contribution in [2.24, 2.45) is 0 Å². The predicted molar refractivity (Wildman–Crippen MR) is 190 cm³/mol. The molecular weight excluding hydrogens is 520 g/mol. The van der Waals surface area contributed by atoms with Gasteiger partial charge in [-0.25, -0.2) is 0 Å². The number of benzene rings is 4. The SMILES string of the molecule is C=C/C=C(\C=C/C)C(C)(c1ccc(-c2ccc(N(CC)CC)cc2)cc1)c1ccc(-c2ccc(N(CC)CC)cc2)cc1. The van der Waals surface area contributed by atoms with Crippen molar-refractivity contribution in [1.29, 1.82) is 0 Å². The molecule has 0 radical (unpaired) electrons. The van der Waals surface area contributed by atoms with Gasteiger partial charge >= 0.3 is 0 Å². The molecule has 0 aliphatic heterocycles. The molecule has 2 heteroatoms. The molecule has 0 aliphatic carbocycles. The average molecular weight is 569 g/mol. The molecule has 0 atom stereocenters. The maximum Gasteiger partial charge on any atom is 0.0423 e. The molecule has 0 heterocycles. The van der Waals surface area contributed by atoms with Crippen LogP contribution < -0.4 is 9.80 Å². The maximum atomic E-state index is 4.04. The zero-order chi connectivity index (χ0) is 30.8. The van der Waals surface area contributed by atoms with Crippen molar-refractivity contribution in [2.75, 3.05) is 36.0 Å². The van der Waals surface area contributed by atoms with Crippen LogP contribution in [0.25, 0.3) is 22.3 Å². The first-order valence-corrected chi connectivity index (χ1v) is 15.8. The molecule has 0 amide bonds. The number of anilines is 2. The van der Waals surface area contributed by atoms with Crippen molar-refractivity contribution in [3.8, 4) is 22.3 Å². The lowest BCUT2D eigenvalue weighted by molar-refractivity contribution is 0.691. The van der Waals surface area contributed by atoms with Gasteiger partial charge < -0.3 is 9.80 Å². The Kier molecular flexibility index (Phi) is 10.8. The lowest BCUT2D eigenvalue weighted by atomic mass is 9.70. The van der Waals surface area contributed by atoms with Crippen molar-refractivity contribution < 1.29 is 0 Å². The minimum absolute atomic E-state index is 0.350. The van der Waals surface area contributed by atoms with Crippen LogP contribution in [0.3, 0.4) is 0 Å². The summed E-state index contributed by atoms with van der Waals surface area (Å²) in [5.41, 5.74) is 10.8. The Balaban J connectivity index is 1.69. The van der Waals surface area contributed by atoms with Crippen LogP contribution in [-0.4, -0.2) is 26.2 Å². The van der Waals surface area contributed by atoms with Crippen LogP contribution in [-0.2, 0) is 5.41 Å². The summed E-state index contributed by atoms with van der Waals surface area (Å²) in [6.07, 6.45) is 8.36. The Hall–Kier alpha value is -4.30. The van der Waals surface area contributed by atoms with Crippen LogP contribution in [0.1, 0.15) is 52.7 Å². The topological polar surface area (TPSA) is 6.48 Å². The summed E-state index contributed by atoms with van der Waals surface area (Å²) in [6, 6.07) is 36.0. The van der Waals surface area contributed by atoms with Gasteiger partial charge in [-0.3, -0.25) is 0 Å². The van der Waals surface area contributed by atoms with Gasteiger partial charge in [0.05, 0.1) is 0 Å². The highest BCUT2D eigenvalue weighted by Crippen LogP contribution is 2.41. The number of allylic oxidation sites excluding steroid dienone is 5. The summed E-state index contributed by atoms with van der Waals surface area (Å²) in [6.45, 7) is 21.3. The lowest BCUT2D eigenvalue weighted by Crippen LogP contribution is -2.25. The molecule has 0 bridgehead atoms. The van der Waals surface area contributed by atoms with E-state index in [1.54, 1.807) is 0 Å². The summed E-state index contributed by atoms with van der Waals surface area (Å²) >= 11 is 0. The lowest BCUT2D eigenvalue weighted by Gasteiger charge is -2.33. The predicted octanol–water partition coefficient (Wildman–Crippen LogP) is 10.7. The minimum Gasteiger partial charge on any atom is -0.372 e. The molecule has 0 saturated carbocycles. The molecule has 0 fully saturated rings. The van der Waals surface area contributed by atoms with Crippen LogP contribution in [0, 0.1) is 0 Å². The molecule has 0 aromatic heterocycles. The van der Waals surface area contributed by atoms with Crippen LogP contribution in [0.5, 0.6) is 0 Å². The first-order valence-electron chi connectivity index (χ1n) is 15.8. The van der Waals surface area contributed by atoms with Gasteiger partial charge in [-0.2, -0.15) is 0 Å². The van der Waals surface area contributed by atoms with Gasteiger partial charge in [-0.1, -0.05) is 104 Å². The van der Waals surface area contributed by atoms with Gasteiger partial charge in [0.15, 0.2) is 0 Å². The molecule has 0 spiro atoms. The van der Waals surface area contributed by atoms with E-state index in [1.165, 1.54) is 50.3 Å². The molecule has 222 valence electrons. The van der Waals surface area contributed by atoms with Crippen molar-refractivity contribution >= 4 is 11.4 Å². The molecular formula is C41H48N2. The highest BCUT2D eigenvalue weighted by atomic mass is 15.1. The molecule has 0 N–H and O–H groups in total. The molecule has 0 unspecified atom stereocenters. The first-order chi connectivity index (χ1) is 20.9. The fraction of sp³-hybridized carbons (Fsp3) is 0.268. The third kappa shape index (κ3) is 6.86. The van der Waals surface area contributed by atoms with Gasteiger partial charge in [0.1, 0.15) is 0 Å². The maximum absolute atomic E-state index is 4.04. The monoisotopic (exact) mass is 568 g/mol. The van der Waals surface area contributed by atoms with E-state index >= 15 is 0 Å². The highest BCUT2D eigenvalue weighted by Gasteiger charge is 2.32. The Morgan fingerprint density at radius 1 is 0.581 bits per heavy atom. The minimum atomic E-state index is -0.350. The first kappa shape index (κ1) is 31.6. The summed E-state index contributed by atoms with van der Waals surface area (Å²) < 4.78 is 0. The second kappa shape index (κ2) is 14.7. The van der Waals surface area contributed by atoms with E-state index in [0.29, 0.717) is 0 Å². The Morgan fingerprint density at radius 2 is 0.907 bits per heavy atom. The Bertz CT molecular complexity index is 1400. The molecule has 4 rings (SSSR count). The van der Waals surface area contributed by atoms with E-state index in [1.807, 2.05) is 6.08 Å². The van der Waals surface area contributed by atoms with Crippen molar-refractivity contribution in [3.05, 3.63) is 145 Å². The number of hydrogen-bond acceptors (Lipinski definition) is 2. The normalized spacial score (nSPS) is 12.0. The molecule has 2 nitrogen and oxygen atoms in total. The molecule has 43 heavy (non-hydrogen) atoms. The van der Waals surface area contributed by atoms with E-state index in [9.17, 15) is 0 Å². The van der Waals surface area contributed by atoms with Crippen molar-refractivity contribution in [2.45, 2.75) is 47.0 Å². The fourth-order valence-corrected chi connectivity index (χ4v) is 6.09. The number of nitrogens with zero attached hydrogens (tertiary/aromatic N) is 2. The third-order valence-electron chi connectivity index (χ3n) is 8.80. The van der Waals surface area contributed by atoms with Crippen LogP contribution in [0.2, 0.25) is 0 Å². The van der Waals surface area contributed by atoms with Crippen LogP contribution in [0.15, 0.2) is 134 Å². The fourth-order valence-electron chi connectivity index (χ4n) is 6.09. The van der Waals surface area contributed by atoms with Gasteiger partial charge in [0, 0.05) is 43.0 Å². The van der Waals surface area contributed by atoms with E-state index in [-0.39, 0.29) is 5.41 Å². The van der Waals surface area contributed by atoms with E-state index in [0.717, 1.165) is 26.2 Å². The van der Waals surface area contributed by atoms with Gasteiger partial charge in [0.2, 0.25) is 0 Å². The standard InChI is InChI=1S/C41H48N2/c1-8-14-36(15-9-2)41(7,37-24-16-32(17-25-37)34-20-28-39(29-21-34)42(10-3)11-4)38-26-18-33(19-27-38)35-22-30-40(31-23-35)43(12-5)13-6/h8-9,14-31H,1,10-13H2,2-7H3/b15-9-,36-14+. The quantitative estimate of drug-likeness (QED) is 0.148. The van der Waals surface area contributed by atoms with Crippen molar-refractivity contribution in [3.63, 3.8) is 0 Å². The summed E-state index contributed by atoms with van der Waals surface area (Å²) in [5, 5.41) is 0. The summed E-state index contributed by atoms with van der Waals surface area (Å²) in [4.78, 5) is 4.75. The van der Waals surface area contributed by atoms with E-state index in [2.05, 4.69) is 173 Å². The van der Waals surface area contributed by atoms with Crippen LogP contribution >= 0.6 is 0 Å².